The second-order valence-electron chi connectivity index (χ2n) is 4.15. The lowest BCUT2D eigenvalue weighted by molar-refractivity contribution is -0.137. The third kappa shape index (κ3) is 3.39. The van der Waals surface area contributed by atoms with E-state index in [2.05, 4.69) is 0 Å². The maximum absolute atomic E-state index is 12.6. The normalized spacial score (nSPS) is 11.4. The van der Waals surface area contributed by atoms with Crippen LogP contribution in [0.15, 0.2) is 35.7 Å². The molecule has 2 aromatic rings. The number of methoxy groups -OCH3 is 1. The Bertz CT molecular complexity index is 617. The molecular weight excluding hydrogens is 289 g/mol. The van der Waals surface area contributed by atoms with E-state index in [1.54, 1.807) is 11.4 Å². The Morgan fingerprint density at radius 3 is 2.65 bits per heavy atom. The van der Waals surface area contributed by atoms with Gasteiger partial charge in [-0.15, -0.1) is 11.3 Å². The molecule has 0 spiro atoms. The molecule has 0 N–H and O–H groups in total. The van der Waals surface area contributed by atoms with Gasteiger partial charge in [0.15, 0.2) is 5.78 Å². The summed E-state index contributed by atoms with van der Waals surface area (Å²) >= 11 is 1.21. The number of carbonyl (C=O) groups is 1. The van der Waals surface area contributed by atoms with Crippen LogP contribution in [-0.2, 0) is 12.6 Å². The Morgan fingerprint density at radius 1 is 1.30 bits per heavy atom. The highest BCUT2D eigenvalue weighted by atomic mass is 32.1. The molecule has 0 saturated carbocycles. The molecule has 0 unspecified atom stereocenters. The summed E-state index contributed by atoms with van der Waals surface area (Å²) in [6.45, 7) is 0. The van der Waals surface area contributed by atoms with Gasteiger partial charge >= 0.3 is 6.18 Å². The molecule has 0 saturated heterocycles. The monoisotopic (exact) mass is 300 g/mol. The number of rotatable bonds is 4. The van der Waals surface area contributed by atoms with Crippen molar-refractivity contribution in [1.29, 1.82) is 0 Å². The lowest BCUT2D eigenvalue weighted by Gasteiger charge is -2.08. The first-order valence-corrected chi connectivity index (χ1v) is 6.60. The fourth-order valence-corrected chi connectivity index (χ4v) is 2.50. The van der Waals surface area contributed by atoms with Gasteiger partial charge in [0.2, 0.25) is 0 Å². The number of ketones is 1. The highest BCUT2D eigenvalue weighted by Crippen LogP contribution is 2.30. The van der Waals surface area contributed by atoms with Crippen molar-refractivity contribution in [3.8, 4) is 5.75 Å². The minimum Gasteiger partial charge on any atom is -0.496 e. The molecule has 1 aromatic heterocycles. The highest BCUT2D eigenvalue weighted by Gasteiger charge is 2.30. The molecule has 6 heteroatoms. The molecule has 0 aliphatic carbocycles. The van der Waals surface area contributed by atoms with Crippen LogP contribution in [0, 0.1) is 0 Å². The molecule has 1 aromatic carbocycles. The Hall–Kier alpha value is -1.82. The quantitative estimate of drug-likeness (QED) is 0.791. The zero-order valence-corrected chi connectivity index (χ0v) is 11.3. The van der Waals surface area contributed by atoms with Crippen LogP contribution in [0.25, 0.3) is 0 Å². The van der Waals surface area contributed by atoms with E-state index in [0.29, 0.717) is 16.2 Å². The predicted octanol–water partition coefficient (Wildman–Crippen LogP) is 4.20. The third-order valence-electron chi connectivity index (χ3n) is 2.70. The van der Waals surface area contributed by atoms with Crippen molar-refractivity contribution in [2.45, 2.75) is 12.6 Å². The minimum atomic E-state index is -4.40. The lowest BCUT2D eigenvalue weighted by Crippen LogP contribution is -2.07. The van der Waals surface area contributed by atoms with Gasteiger partial charge in [-0.3, -0.25) is 4.79 Å². The molecule has 1 heterocycles. The van der Waals surface area contributed by atoms with E-state index in [9.17, 15) is 18.0 Å². The largest absolute Gasteiger partial charge is 0.496 e. The predicted molar refractivity (Wildman–Crippen MR) is 70.3 cm³/mol. The maximum atomic E-state index is 12.6. The van der Waals surface area contributed by atoms with Crippen molar-refractivity contribution >= 4 is 17.1 Å². The Kier molecular flexibility index (Phi) is 4.13. The Balaban J connectivity index is 2.15. The summed E-state index contributed by atoms with van der Waals surface area (Å²) in [5.41, 5.74) is -0.399. The fraction of sp³-hybridized carbons (Fsp3) is 0.214. The first kappa shape index (κ1) is 14.6. The average Bonchev–Trinajstić information content (AvgIpc) is 2.87. The standard InChI is InChI=1S/C14H11F3O2S/c1-19-11-7-13(20-8-11)12(18)6-9-3-2-4-10(5-9)14(15,16)17/h2-5,7-8H,6H2,1H3. The molecule has 0 aliphatic heterocycles. The van der Waals surface area contributed by atoms with E-state index >= 15 is 0 Å². The minimum absolute atomic E-state index is 0.0619. The van der Waals surface area contributed by atoms with Gasteiger partial charge in [0.1, 0.15) is 5.75 Å². The van der Waals surface area contributed by atoms with Crippen molar-refractivity contribution in [2.24, 2.45) is 0 Å². The van der Waals surface area contributed by atoms with E-state index < -0.39 is 11.7 Å². The molecule has 0 atom stereocenters. The number of Topliss-reactive ketones (excluding diaryl/α,β-unsaturated/α-hetero) is 1. The van der Waals surface area contributed by atoms with Crippen LogP contribution >= 0.6 is 11.3 Å². The molecule has 0 radical (unpaired) electrons. The van der Waals surface area contributed by atoms with Gasteiger partial charge < -0.3 is 4.74 Å². The number of halogens is 3. The summed E-state index contributed by atoms with van der Waals surface area (Å²) in [4.78, 5) is 12.4. The van der Waals surface area contributed by atoms with E-state index in [4.69, 9.17) is 4.74 Å². The second-order valence-corrected chi connectivity index (χ2v) is 5.06. The first-order valence-electron chi connectivity index (χ1n) is 5.72. The maximum Gasteiger partial charge on any atom is 0.416 e. The molecule has 20 heavy (non-hydrogen) atoms. The molecule has 0 fully saturated rings. The van der Waals surface area contributed by atoms with Crippen molar-refractivity contribution in [2.75, 3.05) is 7.11 Å². The first-order chi connectivity index (χ1) is 9.40. The van der Waals surface area contributed by atoms with E-state index in [0.717, 1.165) is 12.1 Å². The molecular formula is C14H11F3O2S. The number of thiophene rings is 1. The van der Waals surface area contributed by atoms with E-state index in [-0.39, 0.29) is 12.2 Å². The summed E-state index contributed by atoms with van der Waals surface area (Å²) < 4.78 is 42.7. The number of alkyl halides is 3. The van der Waals surface area contributed by atoms with Crippen LogP contribution in [0.3, 0.4) is 0 Å². The van der Waals surface area contributed by atoms with Crippen molar-refractivity contribution < 1.29 is 22.7 Å². The van der Waals surface area contributed by atoms with E-state index in [1.165, 1.54) is 30.6 Å². The topological polar surface area (TPSA) is 26.3 Å². The average molecular weight is 300 g/mol. The SMILES string of the molecule is COc1csc(C(=O)Cc2cccc(C(F)(F)F)c2)c1. The summed E-state index contributed by atoms with van der Waals surface area (Å²) in [6, 6.07) is 6.39. The molecule has 106 valence electrons. The molecule has 0 aliphatic rings. The van der Waals surface area contributed by atoms with Gasteiger partial charge in [-0.1, -0.05) is 18.2 Å². The number of carbonyl (C=O) groups excluding carboxylic acids is 1. The van der Waals surface area contributed by atoms with Gasteiger partial charge in [-0.2, -0.15) is 13.2 Å². The summed E-state index contributed by atoms with van der Waals surface area (Å²) in [5.74, 6) is 0.347. The molecule has 0 bridgehead atoms. The van der Waals surface area contributed by atoms with Crippen molar-refractivity contribution in [3.05, 3.63) is 51.7 Å². The number of hydrogen-bond acceptors (Lipinski definition) is 3. The Labute approximate surface area is 117 Å². The summed E-state index contributed by atoms with van der Waals surface area (Å²) in [7, 11) is 1.49. The van der Waals surface area contributed by atoms with Gasteiger partial charge in [0, 0.05) is 17.9 Å². The van der Waals surface area contributed by atoms with Crippen LogP contribution in [0.5, 0.6) is 5.75 Å². The number of ether oxygens (including phenoxy) is 1. The fourth-order valence-electron chi connectivity index (χ4n) is 1.70. The lowest BCUT2D eigenvalue weighted by atomic mass is 10.0. The highest BCUT2D eigenvalue weighted by molar-refractivity contribution is 7.12. The van der Waals surface area contributed by atoms with Crippen LogP contribution in [0.1, 0.15) is 20.8 Å². The number of benzene rings is 1. The van der Waals surface area contributed by atoms with E-state index in [1.807, 2.05) is 0 Å². The molecule has 2 rings (SSSR count). The second kappa shape index (κ2) is 5.66. The van der Waals surface area contributed by atoms with Crippen molar-refractivity contribution in [3.63, 3.8) is 0 Å². The van der Waals surface area contributed by atoms with Gasteiger partial charge in [0.05, 0.1) is 17.6 Å². The van der Waals surface area contributed by atoms with Crippen LogP contribution in [0.2, 0.25) is 0 Å². The third-order valence-corrected chi connectivity index (χ3v) is 3.65. The number of hydrogen-bond donors (Lipinski definition) is 0. The molecule has 2 nitrogen and oxygen atoms in total. The van der Waals surface area contributed by atoms with Gasteiger partial charge in [-0.05, 0) is 11.6 Å². The van der Waals surface area contributed by atoms with Crippen LogP contribution in [-0.4, -0.2) is 12.9 Å². The van der Waals surface area contributed by atoms with Crippen LogP contribution < -0.4 is 4.74 Å². The van der Waals surface area contributed by atoms with Gasteiger partial charge in [-0.25, -0.2) is 0 Å². The summed E-state index contributed by atoms with van der Waals surface area (Å²) in [5, 5.41) is 1.68. The smallest absolute Gasteiger partial charge is 0.416 e. The van der Waals surface area contributed by atoms with Crippen LogP contribution in [0.4, 0.5) is 13.2 Å². The van der Waals surface area contributed by atoms with Gasteiger partial charge in [0.25, 0.3) is 0 Å². The summed E-state index contributed by atoms with van der Waals surface area (Å²) in [6.07, 6.45) is -4.46. The zero-order chi connectivity index (χ0) is 14.8. The Morgan fingerprint density at radius 2 is 2.05 bits per heavy atom. The zero-order valence-electron chi connectivity index (χ0n) is 10.5. The molecule has 0 amide bonds. The van der Waals surface area contributed by atoms with Crippen molar-refractivity contribution in [1.82, 2.24) is 0 Å².